The van der Waals surface area contributed by atoms with E-state index in [0.717, 1.165) is 25.7 Å². The maximum absolute atomic E-state index is 11.6. The van der Waals surface area contributed by atoms with E-state index >= 15 is 0 Å². The average Bonchev–Trinajstić information content (AvgIpc) is 2.55. The number of carboxylic acid groups (broad SMARTS) is 3. The number of carboxylic acids is 3. The molecule has 0 heterocycles. The molecule has 0 spiro atoms. The van der Waals surface area contributed by atoms with Crippen molar-refractivity contribution in [2.75, 3.05) is 6.54 Å². The standard InChI is InChI=1S/C18H31NO6/c1-5-6-7-8-9-10-11-12-19(13(2)16(20)21,14(3)17(22)23)15(4)18(24)25/h5-6,13-15H,7-12H2,1-4H3,(H2-,20,21,22,23,24,25)/p+1/b6-5+. The van der Waals surface area contributed by atoms with Crippen LogP contribution in [0.4, 0.5) is 0 Å². The highest BCUT2D eigenvalue weighted by molar-refractivity contribution is 5.77. The van der Waals surface area contributed by atoms with Crippen molar-refractivity contribution in [2.45, 2.75) is 77.9 Å². The third-order valence-electron chi connectivity index (χ3n) is 5.14. The summed E-state index contributed by atoms with van der Waals surface area (Å²) in [7, 11) is 0. The molecule has 0 amide bonds. The van der Waals surface area contributed by atoms with Gasteiger partial charge in [0.2, 0.25) is 0 Å². The fraction of sp³-hybridized carbons (Fsp3) is 0.722. The smallest absolute Gasteiger partial charge is 0.362 e. The Morgan fingerprint density at radius 2 is 1.20 bits per heavy atom. The van der Waals surface area contributed by atoms with Crippen LogP contribution in [-0.2, 0) is 14.4 Å². The number of aliphatic carboxylic acids is 3. The third kappa shape index (κ3) is 6.16. The van der Waals surface area contributed by atoms with Gasteiger partial charge in [-0.3, -0.25) is 4.48 Å². The zero-order valence-electron chi connectivity index (χ0n) is 15.6. The molecule has 25 heavy (non-hydrogen) atoms. The first-order valence-electron chi connectivity index (χ1n) is 8.79. The Morgan fingerprint density at radius 3 is 1.56 bits per heavy atom. The Labute approximate surface area is 149 Å². The van der Waals surface area contributed by atoms with Gasteiger partial charge in [0.05, 0.1) is 6.54 Å². The number of carbonyl (C=O) groups is 3. The van der Waals surface area contributed by atoms with Crippen molar-refractivity contribution in [1.82, 2.24) is 0 Å². The summed E-state index contributed by atoms with van der Waals surface area (Å²) in [5.74, 6) is -3.56. The lowest BCUT2D eigenvalue weighted by Crippen LogP contribution is -2.70. The number of unbranched alkanes of at least 4 members (excludes halogenated alkanes) is 4. The lowest BCUT2D eigenvalue weighted by molar-refractivity contribution is -0.968. The number of nitrogens with zero attached hydrogens (tertiary/aromatic N) is 1. The van der Waals surface area contributed by atoms with Gasteiger partial charge in [-0.15, -0.1) is 0 Å². The van der Waals surface area contributed by atoms with E-state index in [-0.39, 0.29) is 6.54 Å². The normalized spacial score (nSPS) is 17.6. The van der Waals surface area contributed by atoms with Gasteiger partial charge in [0, 0.05) is 0 Å². The molecule has 0 aromatic rings. The largest absolute Gasteiger partial charge is 0.477 e. The molecule has 0 aromatic heterocycles. The first kappa shape index (κ1) is 23.1. The van der Waals surface area contributed by atoms with E-state index in [1.165, 1.54) is 20.8 Å². The van der Waals surface area contributed by atoms with Crippen molar-refractivity contribution in [2.24, 2.45) is 0 Å². The minimum absolute atomic E-state index is 0.206. The van der Waals surface area contributed by atoms with Gasteiger partial charge in [0.1, 0.15) is 0 Å². The second kappa shape index (κ2) is 10.9. The van der Waals surface area contributed by atoms with E-state index in [4.69, 9.17) is 0 Å². The minimum atomic E-state index is -1.19. The van der Waals surface area contributed by atoms with Crippen molar-refractivity contribution in [3.05, 3.63) is 12.2 Å². The van der Waals surface area contributed by atoms with Gasteiger partial charge in [0.25, 0.3) is 0 Å². The lowest BCUT2D eigenvalue weighted by Gasteiger charge is -2.47. The Morgan fingerprint density at radius 1 is 0.800 bits per heavy atom. The lowest BCUT2D eigenvalue weighted by atomic mass is 10.00. The summed E-state index contributed by atoms with van der Waals surface area (Å²) >= 11 is 0. The highest BCUT2D eigenvalue weighted by Gasteiger charge is 2.52. The van der Waals surface area contributed by atoms with E-state index in [9.17, 15) is 29.7 Å². The van der Waals surface area contributed by atoms with Crippen molar-refractivity contribution >= 4 is 17.9 Å². The van der Waals surface area contributed by atoms with Crippen molar-refractivity contribution in [1.29, 1.82) is 0 Å². The van der Waals surface area contributed by atoms with Gasteiger partial charge in [-0.1, -0.05) is 18.6 Å². The van der Waals surface area contributed by atoms with E-state index in [0.29, 0.717) is 6.42 Å². The van der Waals surface area contributed by atoms with Gasteiger partial charge in [0.15, 0.2) is 18.1 Å². The SMILES string of the molecule is C/C=C/CCCCCC[N+](C(C)C(=O)O)(C(C)C(=O)O)C(C)C(=O)O. The number of allylic oxidation sites excluding steroid dienone is 2. The Bertz CT molecular complexity index is 438. The van der Waals surface area contributed by atoms with Crippen LogP contribution in [0.5, 0.6) is 0 Å². The first-order chi connectivity index (χ1) is 11.6. The molecule has 7 heteroatoms. The van der Waals surface area contributed by atoms with Gasteiger partial charge in [-0.25, -0.2) is 14.4 Å². The van der Waals surface area contributed by atoms with Crippen LogP contribution in [0.3, 0.4) is 0 Å². The number of rotatable bonds is 13. The maximum atomic E-state index is 11.6. The topological polar surface area (TPSA) is 112 Å². The monoisotopic (exact) mass is 358 g/mol. The van der Waals surface area contributed by atoms with Crippen LogP contribution in [0.1, 0.15) is 59.8 Å². The Balaban J connectivity index is 5.37. The molecule has 0 aliphatic carbocycles. The summed E-state index contributed by atoms with van der Waals surface area (Å²) in [6.07, 6.45) is 8.37. The molecular formula is C18H32NO6+. The summed E-state index contributed by atoms with van der Waals surface area (Å²) in [5, 5.41) is 28.4. The number of hydrogen-bond acceptors (Lipinski definition) is 3. The zero-order chi connectivity index (χ0) is 19.6. The van der Waals surface area contributed by atoms with Gasteiger partial charge in [-0.2, -0.15) is 0 Å². The van der Waals surface area contributed by atoms with Crippen LogP contribution in [0.15, 0.2) is 12.2 Å². The molecule has 3 N–H and O–H groups in total. The molecule has 0 aromatic carbocycles. The minimum Gasteiger partial charge on any atom is -0.477 e. The molecule has 0 radical (unpaired) electrons. The molecule has 0 saturated heterocycles. The molecular weight excluding hydrogens is 326 g/mol. The molecule has 0 aliphatic rings. The third-order valence-corrected chi connectivity index (χ3v) is 5.14. The molecule has 3 atom stereocenters. The van der Waals surface area contributed by atoms with Crippen LogP contribution < -0.4 is 0 Å². The molecule has 0 fully saturated rings. The van der Waals surface area contributed by atoms with Crippen molar-refractivity contribution in [3.63, 3.8) is 0 Å². The molecule has 0 saturated carbocycles. The molecule has 7 nitrogen and oxygen atoms in total. The van der Waals surface area contributed by atoms with Crippen LogP contribution in [0, 0.1) is 0 Å². The fourth-order valence-corrected chi connectivity index (χ4v) is 3.37. The maximum Gasteiger partial charge on any atom is 0.362 e. The quantitative estimate of drug-likeness (QED) is 0.265. The first-order valence-corrected chi connectivity index (χ1v) is 8.79. The molecule has 0 bridgehead atoms. The average molecular weight is 358 g/mol. The highest BCUT2D eigenvalue weighted by Crippen LogP contribution is 2.27. The predicted molar refractivity (Wildman–Crippen MR) is 94.3 cm³/mol. The Hall–Kier alpha value is -1.89. The summed E-state index contributed by atoms with van der Waals surface area (Å²) < 4.78 is -0.491. The van der Waals surface area contributed by atoms with Crippen LogP contribution >= 0.6 is 0 Å². The van der Waals surface area contributed by atoms with Crippen molar-refractivity contribution in [3.8, 4) is 0 Å². The molecule has 0 aliphatic heterocycles. The predicted octanol–water partition coefficient (Wildman–Crippen LogP) is 2.75. The molecule has 144 valence electrons. The summed E-state index contributed by atoms with van der Waals surface area (Å²) in [6.45, 7) is 6.35. The fourth-order valence-electron chi connectivity index (χ4n) is 3.37. The van der Waals surface area contributed by atoms with E-state index < -0.39 is 40.5 Å². The summed E-state index contributed by atoms with van der Waals surface area (Å²) in [4.78, 5) is 34.8. The Kier molecular flexibility index (Phi) is 10.0. The summed E-state index contributed by atoms with van der Waals surface area (Å²) in [6, 6.07) is -3.37. The number of quaternary nitrogens is 1. The van der Waals surface area contributed by atoms with Gasteiger partial charge in [-0.05, 0) is 53.4 Å². The van der Waals surface area contributed by atoms with Crippen LogP contribution in [0.2, 0.25) is 0 Å². The highest BCUT2D eigenvalue weighted by atomic mass is 16.4. The van der Waals surface area contributed by atoms with Crippen LogP contribution in [0.25, 0.3) is 0 Å². The van der Waals surface area contributed by atoms with Crippen molar-refractivity contribution < 1.29 is 34.2 Å². The van der Waals surface area contributed by atoms with E-state index in [1.807, 2.05) is 13.0 Å². The van der Waals surface area contributed by atoms with Gasteiger partial charge >= 0.3 is 17.9 Å². The second-order valence-electron chi connectivity index (χ2n) is 6.53. The van der Waals surface area contributed by atoms with Gasteiger partial charge < -0.3 is 15.3 Å². The molecule has 3 unspecified atom stereocenters. The van der Waals surface area contributed by atoms with E-state index in [1.54, 1.807) is 0 Å². The van der Waals surface area contributed by atoms with Crippen LogP contribution in [-0.4, -0.2) is 62.4 Å². The van der Waals surface area contributed by atoms with E-state index in [2.05, 4.69) is 6.08 Å². The second-order valence-corrected chi connectivity index (χ2v) is 6.53. The number of hydrogen-bond donors (Lipinski definition) is 3. The zero-order valence-corrected chi connectivity index (χ0v) is 15.6. The summed E-state index contributed by atoms with van der Waals surface area (Å²) in [5.41, 5.74) is 0. The molecule has 0 rings (SSSR count).